The minimum Gasteiger partial charge on any atom is -0.872 e. The van der Waals surface area contributed by atoms with Gasteiger partial charge in [-0.25, -0.2) is 4.79 Å². The van der Waals surface area contributed by atoms with Gasteiger partial charge in [-0.3, -0.25) is 9.59 Å². The third-order valence-electron chi connectivity index (χ3n) is 4.46. The average Bonchev–Trinajstić information content (AvgIpc) is 2.69. The SMILES string of the molecule is O=C(N[C@H]1CN([C@@H](C(=O)O)c2ccc(O)cc2)C1=O)/C(=N\O)c1ccc([O-])cc1. The summed E-state index contributed by atoms with van der Waals surface area (Å²) in [6, 6.07) is 8.14. The predicted octanol–water partition coefficient (Wildman–Crippen LogP) is -0.203. The van der Waals surface area contributed by atoms with Crippen molar-refractivity contribution >= 4 is 23.5 Å². The third-order valence-corrected chi connectivity index (χ3v) is 4.46. The van der Waals surface area contributed by atoms with Crippen molar-refractivity contribution in [3.63, 3.8) is 0 Å². The zero-order valence-corrected chi connectivity index (χ0v) is 14.8. The Labute approximate surface area is 164 Å². The molecular weight excluding hydrogens is 382 g/mol. The zero-order chi connectivity index (χ0) is 21.1. The molecule has 150 valence electrons. The van der Waals surface area contributed by atoms with Gasteiger partial charge < -0.3 is 30.7 Å². The van der Waals surface area contributed by atoms with E-state index in [1.54, 1.807) is 0 Å². The Balaban J connectivity index is 1.69. The quantitative estimate of drug-likeness (QED) is 0.226. The third kappa shape index (κ3) is 3.95. The van der Waals surface area contributed by atoms with Crippen molar-refractivity contribution in [2.45, 2.75) is 12.1 Å². The van der Waals surface area contributed by atoms with E-state index >= 15 is 0 Å². The summed E-state index contributed by atoms with van der Waals surface area (Å²) in [6.45, 7) is -0.0688. The number of β-lactam (4-membered cyclic amide) rings is 1. The van der Waals surface area contributed by atoms with Crippen LogP contribution in [0.4, 0.5) is 0 Å². The first-order valence-corrected chi connectivity index (χ1v) is 8.44. The number of benzene rings is 2. The number of aliphatic carboxylic acids is 1. The van der Waals surface area contributed by atoms with E-state index in [0.29, 0.717) is 5.56 Å². The number of phenolic OH excluding ortho intramolecular Hbond substituents is 1. The Morgan fingerprint density at radius 1 is 1.14 bits per heavy atom. The Hall–Kier alpha value is -4.08. The number of carbonyl (C=O) groups excluding carboxylic acids is 2. The number of hydrogen-bond acceptors (Lipinski definition) is 7. The van der Waals surface area contributed by atoms with E-state index in [-0.39, 0.29) is 29.3 Å². The number of carboxylic acids is 1. The molecule has 2 atom stereocenters. The lowest BCUT2D eigenvalue weighted by atomic mass is 9.97. The van der Waals surface area contributed by atoms with Crippen molar-refractivity contribution in [2.75, 3.05) is 6.54 Å². The van der Waals surface area contributed by atoms with Gasteiger partial charge in [0.05, 0.1) is 6.54 Å². The normalized spacial score (nSPS) is 17.4. The second-order valence-corrected chi connectivity index (χ2v) is 6.32. The highest BCUT2D eigenvalue weighted by atomic mass is 16.4. The summed E-state index contributed by atoms with van der Waals surface area (Å²) in [5, 5.41) is 44.4. The van der Waals surface area contributed by atoms with Gasteiger partial charge in [0.15, 0.2) is 11.8 Å². The van der Waals surface area contributed by atoms with Crippen LogP contribution in [0.15, 0.2) is 53.7 Å². The van der Waals surface area contributed by atoms with E-state index < -0.39 is 29.9 Å². The minimum absolute atomic E-state index is 0.0428. The Bertz CT molecular complexity index is 970. The van der Waals surface area contributed by atoms with Gasteiger partial charge in [-0.05, 0) is 17.7 Å². The minimum atomic E-state index is -1.27. The first-order valence-electron chi connectivity index (χ1n) is 8.44. The van der Waals surface area contributed by atoms with Crippen LogP contribution in [0.1, 0.15) is 17.2 Å². The van der Waals surface area contributed by atoms with Crippen LogP contribution >= 0.6 is 0 Å². The van der Waals surface area contributed by atoms with Crippen LogP contribution in [0.2, 0.25) is 0 Å². The molecule has 2 amide bonds. The number of carbonyl (C=O) groups is 3. The number of nitrogens with zero attached hydrogens (tertiary/aromatic N) is 2. The maximum Gasteiger partial charge on any atom is 0.331 e. The number of likely N-dealkylation sites (tertiary alicyclic amines) is 1. The van der Waals surface area contributed by atoms with Gasteiger partial charge in [0.1, 0.15) is 11.8 Å². The molecule has 29 heavy (non-hydrogen) atoms. The maximum atomic E-state index is 12.4. The van der Waals surface area contributed by atoms with Crippen LogP contribution in [0.25, 0.3) is 0 Å². The van der Waals surface area contributed by atoms with Crippen LogP contribution in [-0.4, -0.2) is 56.4 Å². The Morgan fingerprint density at radius 3 is 2.28 bits per heavy atom. The van der Waals surface area contributed by atoms with Gasteiger partial charge in [-0.15, -0.1) is 5.75 Å². The largest absolute Gasteiger partial charge is 0.872 e. The van der Waals surface area contributed by atoms with Crippen LogP contribution in [0.5, 0.6) is 11.5 Å². The van der Waals surface area contributed by atoms with Gasteiger partial charge in [0.2, 0.25) is 5.91 Å². The van der Waals surface area contributed by atoms with Crippen LogP contribution in [-0.2, 0) is 14.4 Å². The van der Waals surface area contributed by atoms with E-state index in [9.17, 15) is 29.7 Å². The molecule has 0 aliphatic carbocycles. The fourth-order valence-corrected chi connectivity index (χ4v) is 2.98. The predicted molar refractivity (Wildman–Crippen MR) is 96.3 cm³/mol. The number of nitrogens with one attached hydrogen (secondary N) is 1. The highest BCUT2D eigenvalue weighted by molar-refractivity contribution is 6.45. The molecule has 4 N–H and O–H groups in total. The van der Waals surface area contributed by atoms with Crippen molar-refractivity contribution in [3.05, 3.63) is 59.7 Å². The number of phenols is 1. The molecule has 10 heteroatoms. The van der Waals surface area contributed by atoms with Crippen LogP contribution < -0.4 is 10.4 Å². The second kappa shape index (κ2) is 7.89. The topological polar surface area (TPSA) is 163 Å². The van der Waals surface area contributed by atoms with Crippen molar-refractivity contribution in [1.29, 1.82) is 0 Å². The number of hydrogen-bond donors (Lipinski definition) is 4. The molecule has 0 unspecified atom stereocenters. The molecular formula is C19H16N3O7-. The zero-order valence-electron chi connectivity index (χ0n) is 14.8. The Kier molecular flexibility index (Phi) is 5.35. The second-order valence-electron chi connectivity index (χ2n) is 6.32. The molecule has 0 radical (unpaired) electrons. The highest BCUT2D eigenvalue weighted by Crippen LogP contribution is 2.28. The lowest BCUT2D eigenvalue weighted by Gasteiger charge is -2.42. The summed E-state index contributed by atoms with van der Waals surface area (Å²) in [4.78, 5) is 37.5. The Morgan fingerprint density at radius 2 is 1.76 bits per heavy atom. The molecule has 0 aromatic heterocycles. The average molecular weight is 398 g/mol. The van der Waals surface area contributed by atoms with E-state index in [2.05, 4.69) is 10.5 Å². The first kappa shape index (κ1) is 19.7. The summed E-state index contributed by atoms with van der Waals surface area (Å²) in [5.74, 6) is -3.06. The number of amides is 2. The smallest absolute Gasteiger partial charge is 0.331 e. The fraction of sp³-hybridized carbons (Fsp3) is 0.158. The molecule has 0 saturated carbocycles. The van der Waals surface area contributed by atoms with E-state index in [0.717, 1.165) is 4.90 Å². The fourth-order valence-electron chi connectivity index (χ4n) is 2.98. The van der Waals surface area contributed by atoms with Crippen LogP contribution in [0.3, 0.4) is 0 Å². The molecule has 0 bridgehead atoms. The van der Waals surface area contributed by atoms with Gasteiger partial charge >= 0.3 is 5.97 Å². The summed E-state index contributed by atoms with van der Waals surface area (Å²) < 4.78 is 0. The van der Waals surface area contributed by atoms with E-state index in [1.807, 2.05) is 0 Å². The van der Waals surface area contributed by atoms with Crippen LogP contribution in [0, 0.1) is 0 Å². The molecule has 2 aromatic carbocycles. The first-order chi connectivity index (χ1) is 13.8. The van der Waals surface area contributed by atoms with Crippen molar-refractivity contribution < 1.29 is 34.9 Å². The lowest BCUT2D eigenvalue weighted by Crippen LogP contribution is -2.66. The molecule has 10 nitrogen and oxygen atoms in total. The van der Waals surface area contributed by atoms with Crippen molar-refractivity contribution in [2.24, 2.45) is 5.16 Å². The molecule has 3 rings (SSSR count). The van der Waals surface area contributed by atoms with Gasteiger partial charge in [0.25, 0.3) is 5.91 Å². The number of carboxylic acid groups (broad SMARTS) is 1. The number of aromatic hydroxyl groups is 1. The molecule has 2 aromatic rings. The highest BCUT2D eigenvalue weighted by Gasteiger charge is 2.45. The number of rotatable bonds is 6. The van der Waals surface area contributed by atoms with Crippen molar-refractivity contribution in [1.82, 2.24) is 10.2 Å². The van der Waals surface area contributed by atoms with E-state index in [1.165, 1.54) is 48.5 Å². The monoisotopic (exact) mass is 398 g/mol. The lowest BCUT2D eigenvalue weighted by molar-refractivity contribution is -0.268. The molecule has 1 aliphatic heterocycles. The summed E-state index contributed by atoms with van der Waals surface area (Å²) >= 11 is 0. The van der Waals surface area contributed by atoms with Gasteiger partial charge in [0, 0.05) is 5.56 Å². The molecule has 1 saturated heterocycles. The van der Waals surface area contributed by atoms with Gasteiger partial charge in [-0.1, -0.05) is 41.6 Å². The van der Waals surface area contributed by atoms with Gasteiger partial charge in [-0.2, -0.15) is 0 Å². The van der Waals surface area contributed by atoms with Crippen molar-refractivity contribution in [3.8, 4) is 11.5 Å². The molecule has 1 heterocycles. The molecule has 1 aliphatic rings. The summed E-state index contributed by atoms with van der Waals surface area (Å²) in [6.07, 6.45) is 0. The summed E-state index contributed by atoms with van der Waals surface area (Å²) in [7, 11) is 0. The summed E-state index contributed by atoms with van der Waals surface area (Å²) in [5.41, 5.74) is 0.0917. The number of oxime groups is 1. The van der Waals surface area contributed by atoms with E-state index in [4.69, 9.17) is 5.21 Å². The maximum absolute atomic E-state index is 12.4. The molecule has 1 fully saturated rings. The molecule has 0 spiro atoms. The standard InChI is InChI=1S/C19H17N3O7/c23-12-5-1-10(2-6-12)15(21-29)17(25)20-14-9-22(18(14)26)16(19(27)28)11-3-7-13(24)8-4-11/h1-8,14,16,23-24,29H,9H2,(H,20,25)(H,27,28)/p-1/b21-15-/t14-,16+/m0/s1.